The summed E-state index contributed by atoms with van der Waals surface area (Å²) in [7, 11) is 0. The van der Waals surface area contributed by atoms with Crippen molar-refractivity contribution < 1.29 is 0 Å². The summed E-state index contributed by atoms with van der Waals surface area (Å²) in [4.78, 5) is 0.683. The van der Waals surface area contributed by atoms with E-state index < -0.39 is 0 Å². The minimum absolute atomic E-state index is 0.683. The molecule has 0 aliphatic rings. The third kappa shape index (κ3) is 8.22. The molecule has 10 heavy (non-hydrogen) atoms. The summed E-state index contributed by atoms with van der Waals surface area (Å²) in [5.41, 5.74) is 0. The highest BCUT2D eigenvalue weighted by Gasteiger charge is 1.92. The van der Waals surface area contributed by atoms with Crippen LogP contribution in [0, 0.1) is 0 Å². The van der Waals surface area contributed by atoms with Gasteiger partial charge in [0, 0.05) is 4.83 Å². The molecule has 0 nitrogen and oxygen atoms in total. The number of halogens is 1. The van der Waals surface area contributed by atoms with Gasteiger partial charge in [0.15, 0.2) is 0 Å². The van der Waals surface area contributed by atoms with Crippen LogP contribution in [0.25, 0.3) is 0 Å². The van der Waals surface area contributed by atoms with Gasteiger partial charge in [-0.1, -0.05) is 41.9 Å². The van der Waals surface area contributed by atoms with E-state index in [-0.39, 0.29) is 0 Å². The molecule has 0 aliphatic carbocycles. The molecule has 1 unspecified atom stereocenters. The molecule has 0 rings (SSSR count). The Bertz CT molecular complexity index is 84.7. The normalized spacial score (nSPS) is 14.3. The summed E-state index contributed by atoms with van der Waals surface area (Å²) < 4.78 is 0. The summed E-state index contributed by atoms with van der Waals surface area (Å²) in [5, 5.41) is 0. The maximum Gasteiger partial charge on any atom is 0.0117 e. The van der Waals surface area contributed by atoms with Gasteiger partial charge in [-0.3, -0.25) is 0 Å². The summed E-state index contributed by atoms with van der Waals surface area (Å²) >= 11 is 3.52. The molecule has 0 aromatic carbocycles. The number of hydrogen-bond donors (Lipinski definition) is 0. The van der Waals surface area contributed by atoms with E-state index >= 15 is 0 Å². The summed E-state index contributed by atoms with van der Waals surface area (Å²) in [6.07, 6.45) is 9.51. The van der Waals surface area contributed by atoms with E-state index in [0.29, 0.717) is 4.83 Å². The maximum absolute atomic E-state index is 3.52. The number of allylic oxidation sites excluding steroid dienone is 2. The molecule has 0 heterocycles. The molecule has 0 aromatic heterocycles. The second kappa shape index (κ2) is 7.33. The van der Waals surface area contributed by atoms with E-state index in [1.165, 1.54) is 25.7 Å². The van der Waals surface area contributed by atoms with E-state index in [1.54, 1.807) is 0 Å². The summed E-state index contributed by atoms with van der Waals surface area (Å²) in [5.74, 6) is 0. The fraction of sp³-hybridized carbons (Fsp3) is 0.778. The summed E-state index contributed by atoms with van der Waals surface area (Å²) in [6.45, 7) is 4.37. The van der Waals surface area contributed by atoms with Gasteiger partial charge in [-0.05, 0) is 25.7 Å². The molecule has 0 aromatic rings. The highest BCUT2D eigenvalue weighted by molar-refractivity contribution is 9.09. The fourth-order valence-electron chi connectivity index (χ4n) is 0.801. The predicted octanol–water partition coefficient (Wildman–Crippen LogP) is 3.91. The van der Waals surface area contributed by atoms with E-state index in [9.17, 15) is 0 Å². The van der Waals surface area contributed by atoms with Crippen LogP contribution in [-0.2, 0) is 0 Å². The Kier molecular flexibility index (Phi) is 7.49. The molecule has 0 bridgehead atoms. The Hall–Kier alpha value is 0.220. The zero-order valence-electron chi connectivity index (χ0n) is 6.94. The Morgan fingerprint density at radius 3 is 2.60 bits per heavy atom. The topological polar surface area (TPSA) is 0 Å². The molecule has 1 heteroatoms. The second-order valence-corrected chi connectivity index (χ2v) is 4.15. The maximum atomic E-state index is 3.52. The van der Waals surface area contributed by atoms with Gasteiger partial charge < -0.3 is 0 Å². The van der Waals surface area contributed by atoms with Crippen molar-refractivity contribution in [2.45, 2.75) is 44.4 Å². The zero-order valence-corrected chi connectivity index (χ0v) is 8.52. The molecule has 0 spiro atoms. The lowest BCUT2D eigenvalue weighted by atomic mass is 10.2. The van der Waals surface area contributed by atoms with E-state index in [0.717, 1.165) is 0 Å². The molecular weight excluding hydrogens is 188 g/mol. The Balaban J connectivity index is 2.97. The van der Waals surface area contributed by atoms with Gasteiger partial charge in [-0.15, -0.1) is 0 Å². The van der Waals surface area contributed by atoms with E-state index in [2.05, 4.69) is 41.9 Å². The van der Waals surface area contributed by atoms with Crippen LogP contribution in [0.15, 0.2) is 12.2 Å². The molecule has 1 atom stereocenters. The van der Waals surface area contributed by atoms with E-state index in [4.69, 9.17) is 0 Å². The second-order valence-electron chi connectivity index (χ2n) is 2.59. The van der Waals surface area contributed by atoms with Crippen molar-refractivity contribution in [1.29, 1.82) is 0 Å². The largest absolute Gasteiger partial charge is 0.0894 e. The van der Waals surface area contributed by atoms with Crippen molar-refractivity contribution >= 4 is 15.9 Å². The van der Waals surface area contributed by atoms with Gasteiger partial charge in [-0.2, -0.15) is 0 Å². The monoisotopic (exact) mass is 204 g/mol. The first-order valence-corrected chi connectivity index (χ1v) is 4.98. The van der Waals surface area contributed by atoms with Crippen LogP contribution in [-0.4, -0.2) is 4.83 Å². The molecule has 0 saturated carbocycles. The van der Waals surface area contributed by atoms with Crippen LogP contribution in [0.2, 0.25) is 0 Å². The Morgan fingerprint density at radius 2 is 2.10 bits per heavy atom. The van der Waals surface area contributed by atoms with Gasteiger partial charge in [-0.25, -0.2) is 0 Å². The van der Waals surface area contributed by atoms with Gasteiger partial charge in [0.05, 0.1) is 0 Å². The van der Waals surface area contributed by atoms with Crippen LogP contribution in [0.4, 0.5) is 0 Å². The van der Waals surface area contributed by atoms with Crippen molar-refractivity contribution in [3.63, 3.8) is 0 Å². The van der Waals surface area contributed by atoms with Crippen LogP contribution >= 0.6 is 15.9 Å². The first-order valence-electron chi connectivity index (χ1n) is 4.06. The smallest absolute Gasteiger partial charge is 0.0117 e. The Morgan fingerprint density at radius 1 is 1.40 bits per heavy atom. The standard InChI is InChI=1S/C9H17Br/c1-3-4-5-6-7-8-9(2)10/h4-5,9H,3,6-8H2,1-2H3. The number of rotatable bonds is 5. The lowest BCUT2D eigenvalue weighted by molar-refractivity contribution is 0.748. The minimum Gasteiger partial charge on any atom is -0.0894 e. The third-order valence-corrected chi connectivity index (χ3v) is 1.83. The number of alkyl halides is 1. The van der Waals surface area contributed by atoms with Gasteiger partial charge >= 0.3 is 0 Å². The lowest BCUT2D eigenvalue weighted by Crippen LogP contribution is -1.87. The van der Waals surface area contributed by atoms with Crippen molar-refractivity contribution in [2.24, 2.45) is 0 Å². The molecule has 0 amide bonds. The SMILES string of the molecule is CCC=CCCCC(C)Br. The van der Waals surface area contributed by atoms with Crippen molar-refractivity contribution in [3.05, 3.63) is 12.2 Å². The van der Waals surface area contributed by atoms with Crippen molar-refractivity contribution in [3.8, 4) is 0 Å². The molecular formula is C9H17Br. The average molecular weight is 205 g/mol. The minimum atomic E-state index is 0.683. The lowest BCUT2D eigenvalue weighted by Gasteiger charge is -1.98. The van der Waals surface area contributed by atoms with Gasteiger partial charge in [0.25, 0.3) is 0 Å². The fourth-order valence-corrected chi connectivity index (χ4v) is 1.13. The van der Waals surface area contributed by atoms with Crippen LogP contribution in [0.3, 0.4) is 0 Å². The van der Waals surface area contributed by atoms with Crippen molar-refractivity contribution in [2.75, 3.05) is 0 Å². The molecule has 0 saturated heterocycles. The van der Waals surface area contributed by atoms with Crippen LogP contribution in [0.5, 0.6) is 0 Å². The van der Waals surface area contributed by atoms with E-state index in [1.807, 2.05) is 0 Å². The quantitative estimate of drug-likeness (QED) is 0.362. The zero-order chi connectivity index (χ0) is 7.82. The molecule has 60 valence electrons. The van der Waals surface area contributed by atoms with Gasteiger partial charge in [0.2, 0.25) is 0 Å². The molecule has 0 N–H and O–H groups in total. The highest BCUT2D eigenvalue weighted by atomic mass is 79.9. The molecule has 0 fully saturated rings. The number of hydrogen-bond acceptors (Lipinski definition) is 0. The van der Waals surface area contributed by atoms with Crippen LogP contribution in [0.1, 0.15) is 39.5 Å². The van der Waals surface area contributed by atoms with Gasteiger partial charge in [0.1, 0.15) is 0 Å². The number of unbranched alkanes of at least 4 members (excludes halogenated alkanes) is 1. The summed E-state index contributed by atoms with van der Waals surface area (Å²) in [6, 6.07) is 0. The molecule has 0 radical (unpaired) electrons. The molecule has 0 aliphatic heterocycles. The average Bonchev–Trinajstić information content (AvgIpc) is 1.87. The van der Waals surface area contributed by atoms with Crippen molar-refractivity contribution in [1.82, 2.24) is 0 Å². The highest BCUT2D eigenvalue weighted by Crippen LogP contribution is 2.08. The Labute approximate surface area is 72.8 Å². The first-order chi connectivity index (χ1) is 4.77. The first kappa shape index (κ1) is 10.2. The predicted molar refractivity (Wildman–Crippen MR) is 51.7 cm³/mol. The third-order valence-electron chi connectivity index (χ3n) is 1.38. The van der Waals surface area contributed by atoms with Crippen LogP contribution < -0.4 is 0 Å².